The number of hydrogen-bond acceptors (Lipinski definition) is 8. The zero-order valence-corrected chi connectivity index (χ0v) is 19.2. The van der Waals surface area contributed by atoms with Gasteiger partial charge in [0, 0.05) is 42.4 Å². The molecule has 11 nitrogen and oxygen atoms in total. The second kappa shape index (κ2) is 9.06. The van der Waals surface area contributed by atoms with Crippen molar-refractivity contribution >= 4 is 39.3 Å². The van der Waals surface area contributed by atoms with Crippen LogP contribution in [0.4, 0.5) is 17.1 Å². The lowest BCUT2D eigenvalue weighted by Gasteiger charge is -2.16. The summed E-state index contributed by atoms with van der Waals surface area (Å²) < 4.78 is 1.74. The van der Waals surface area contributed by atoms with Crippen molar-refractivity contribution in [1.29, 1.82) is 0 Å². The highest BCUT2D eigenvalue weighted by atomic mass is 32.1. The number of hydrogen-bond donors (Lipinski definition) is 1. The van der Waals surface area contributed by atoms with Crippen LogP contribution in [0.15, 0.2) is 47.8 Å². The lowest BCUT2D eigenvalue weighted by Crippen LogP contribution is -2.20. The zero-order valence-electron chi connectivity index (χ0n) is 18.3. The van der Waals surface area contributed by atoms with Gasteiger partial charge >= 0.3 is 5.69 Å². The van der Waals surface area contributed by atoms with Gasteiger partial charge in [-0.3, -0.25) is 4.79 Å². The van der Waals surface area contributed by atoms with Crippen molar-refractivity contribution in [1.82, 2.24) is 19.8 Å². The molecule has 172 valence electrons. The summed E-state index contributed by atoms with van der Waals surface area (Å²) in [6, 6.07) is 12.0. The van der Waals surface area contributed by atoms with Crippen molar-refractivity contribution < 1.29 is 9.66 Å². The van der Waals surface area contributed by atoms with Gasteiger partial charge in [0.1, 0.15) is 10.7 Å². The Balaban J connectivity index is 1.35. The zero-order chi connectivity index (χ0) is 23.7. The van der Waals surface area contributed by atoms with Gasteiger partial charge in [-0.05, 0) is 49.2 Å². The largest absolute Gasteiger partial charge is 0.366 e. The number of carbonyl (C=O) groups excluding carboxylic acids is 1. The van der Waals surface area contributed by atoms with Crippen LogP contribution in [0.1, 0.15) is 35.9 Å². The highest BCUT2D eigenvalue weighted by molar-refractivity contribution is 7.19. The number of fused-ring (bicyclic) bond motifs is 1. The fourth-order valence-corrected chi connectivity index (χ4v) is 4.84. The van der Waals surface area contributed by atoms with Gasteiger partial charge in [-0.15, -0.1) is 10.2 Å². The maximum Gasteiger partial charge on any atom is 0.322 e. The third-order valence-corrected chi connectivity index (χ3v) is 6.67. The first-order chi connectivity index (χ1) is 16.6. The Bertz CT molecular complexity index is 1390. The summed E-state index contributed by atoms with van der Waals surface area (Å²) in [4.78, 5) is 38.5. The minimum absolute atomic E-state index is 0.0174. The molecule has 0 radical (unpaired) electrons. The topological polar surface area (TPSA) is 125 Å². The molecule has 1 N–H and O–H groups in total. The van der Waals surface area contributed by atoms with E-state index < -0.39 is 5.91 Å². The SMILES string of the molecule is CCc1nnc2sc(-c3ccc(NC(=O)c4ccc(N5CCCC5)c([N+](=O)N=O)c4)cc3)nn12. The molecule has 0 bridgehead atoms. The number of aryl methyl sites for hydroxylation is 1. The summed E-state index contributed by atoms with van der Waals surface area (Å²) >= 11 is 1.44. The van der Waals surface area contributed by atoms with Crippen LogP contribution < -0.4 is 10.2 Å². The summed E-state index contributed by atoms with van der Waals surface area (Å²) in [7, 11) is 0. The highest BCUT2D eigenvalue weighted by Gasteiger charge is 2.28. The predicted octanol–water partition coefficient (Wildman–Crippen LogP) is 4.36. The van der Waals surface area contributed by atoms with Crippen LogP contribution in [-0.2, 0) is 6.42 Å². The molecule has 3 heterocycles. The molecule has 0 unspecified atom stereocenters. The molecule has 1 saturated heterocycles. The molecule has 1 fully saturated rings. The number of amides is 1. The fraction of sp³-hybridized carbons (Fsp3) is 0.273. The van der Waals surface area contributed by atoms with Crippen LogP contribution in [-0.4, -0.2) is 43.7 Å². The second-order valence-electron chi connectivity index (χ2n) is 7.86. The number of aromatic nitrogens is 4. The molecule has 12 heteroatoms. The third-order valence-electron chi connectivity index (χ3n) is 5.73. The number of nitrogens with one attached hydrogen (secondary N) is 1. The molecule has 0 atom stereocenters. The molecule has 1 aliphatic rings. The minimum atomic E-state index is -0.396. The van der Waals surface area contributed by atoms with Crippen molar-refractivity contribution in [2.24, 2.45) is 5.29 Å². The van der Waals surface area contributed by atoms with E-state index in [0.29, 0.717) is 11.4 Å². The van der Waals surface area contributed by atoms with E-state index in [9.17, 15) is 14.6 Å². The highest BCUT2D eigenvalue weighted by Crippen LogP contribution is 2.32. The molecular formula is C22H21N8O3S+. The standard InChI is InChI=1S/C22H20N8O3S/c1-2-19-24-25-22-29(19)26-21(34-22)14-5-8-16(9-6-14)23-20(31)15-7-10-17(28-11-3-4-12-28)18(13-15)30(33)27-32/h5-10,13H,2-4,11-12H2,1H3/p+1. The predicted molar refractivity (Wildman–Crippen MR) is 128 cm³/mol. The number of carbonyl (C=O) groups is 1. The average Bonchev–Trinajstić information content (AvgIpc) is 3.61. The Morgan fingerprint density at radius 1 is 1.15 bits per heavy atom. The van der Waals surface area contributed by atoms with Crippen molar-refractivity contribution in [3.8, 4) is 10.6 Å². The van der Waals surface area contributed by atoms with Crippen LogP contribution in [0.5, 0.6) is 0 Å². The normalized spacial score (nSPS) is 13.4. The van der Waals surface area contributed by atoms with Crippen molar-refractivity contribution in [3.05, 3.63) is 63.7 Å². The van der Waals surface area contributed by atoms with Gasteiger partial charge in [0.25, 0.3) is 11.2 Å². The molecule has 34 heavy (non-hydrogen) atoms. The third kappa shape index (κ3) is 4.03. The first-order valence-corrected chi connectivity index (χ1v) is 11.7. The Labute approximate surface area is 197 Å². The summed E-state index contributed by atoms with van der Waals surface area (Å²) in [5, 5.41) is 18.9. The van der Waals surface area contributed by atoms with Crippen molar-refractivity contribution in [2.45, 2.75) is 26.2 Å². The average molecular weight is 478 g/mol. The van der Waals surface area contributed by atoms with E-state index in [1.165, 1.54) is 17.4 Å². The van der Waals surface area contributed by atoms with Crippen LogP contribution in [0.25, 0.3) is 15.5 Å². The molecule has 0 saturated carbocycles. The van der Waals surface area contributed by atoms with Crippen LogP contribution in [0, 0.1) is 9.81 Å². The van der Waals surface area contributed by atoms with Gasteiger partial charge in [0.2, 0.25) is 9.83 Å². The molecular weight excluding hydrogens is 456 g/mol. The minimum Gasteiger partial charge on any atom is -0.366 e. The van der Waals surface area contributed by atoms with E-state index in [4.69, 9.17) is 0 Å². The Hall–Kier alpha value is -4.06. The van der Waals surface area contributed by atoms with Gasteiger partial charge in [0.15, 0.2) is 5.82 Å². The van der Waals surface area contributed by atoms with Gasteiger partial charge < -0.3 is 10.2 Å². The van der Waals surface area contributed by atoms with Crippen molar-refractivity contribution in [3.63, 3.8) is 0 Å². The van der Waals surface area contributed by atoms with Gasteiger partial charge in [0.05, 0.1) is 4.91 Å². The molecule has 1 amide bonds. The first kappa shape index (κ1) is 21.8. The van der Waals surface area contributed by atoms with E-state index in [2.05, 4.69) is 25.9 Å². The van der Waals surface area contributed by atoms with Crippen LogP contribution >= 0.6 is 11.3 Å². The van der Waals surface area contributed by atoms with Crippen LogP contribution in [0.3, 0.4) is 0 Å². The number of nitroso groups, excluding NO2 is 2. The van der Waals surface area contributed by atoms with Crippen LogP contribution in [0.2, 0.25) is 0 Å². The number of anilines is 2. The van der Waals surface area contributed by atoms with E-state index in [0.717, 1.165) is 53.7 Å². The van der Waals surface area contributed by atoms with Gasteiger partial charge in [-0.2, -0.15) is 9.61 Å². The molecule has 0 spiro atoms. The summed E-state index contributed by atoms with van der Waals surface area (Å²) in [6.45, 7) is 3.58. The monoisotopic (exact) mass is 477 g/mol. The molecule has 4 aromatic rings. The van der Waals surface area contributed by atoms with Gasteiger partial charge in [-0.25, -0.2) is 0 Å². The summed E-state index contributed by atoms with van der Waals surface area (Å²) in [5.41, 5.74) is 2.40. The maximum absolute atomic E-state index is 12.8. The van der Waals surface area contributed by atoms with Crippen molar-refractivity contribution in [2.75, 3.05) is 23.3 Å². The first-order valence-electron chi connectivity index (χ1n) is 10.9. The van der Waals surface area contributed by atoms with E-state index >= 15 is 0 Å². The molecule has 5 rings (SSSR count). The number of nitrogens with zero attached hydrogens (tertiary/aromatic N) is 7. The smallest absolute Gasteiger partial charge is 0.322 e. The second-order valence-corrected chi connectivity index (χ2v) is 8.81. The number of rotatable bonds is 7. The Morgan fingerprint density at radius 2 is 1.91 bits per heavy atom. The molecule has 2 aromatic carbocycles. The van der Waals surface area contributed by atoms with E-state index in [-0.39, 0.29) is 16.1 Å². The van der Waals surface area contributed by atoms with E-state index in [1.807, 2.05) is 24.0 Å². The van der Waals surface area contributed by atoms with E-state index in [1.54, 1.807) is 28.8 Å². The lowest BCUT2D eigenvalue weighted by molar-refractivity contribution is -0.470. The lowest BCUT2D eigenvalue weighted by atomic mass is 10.1. The molecule has 2 aromatic heterocycles. The maximum atomic E-state index is 12.8. The Kier molecular flexibility index (Phi) is 5.80. The fourth-order valence-electron chi connectivity index (χ4n) is 3.98. The molecule has 1 aliphatic heterocycles. The molecule has 0 aliphatic carbocycles. The van der Waals surface area contributed by atoms with Gasteiger partial charge in [-0.1, -0.05) is 23.2 Å². The number of benzene rings is 2. The quantitative estimate of drug-likeness (QED) is 0.238. The summed E-state index contributed by atoms with van der Waals surface area (Å²) in [6.07, 6.45) is 2.76. The Morgan fingerprint density at radius 3 is 2.62 bits per heavy atom. The summed E-state index contributed by atoms with van der Waals surface area (Å²) in [5.74, 6) is 0.408.